The van der Waals surface area contributed by atoms with Crippen molar-refractivity contribution in [3.8, 4) is 0 Å². The zero-order valence-corrected chi connectivity index (χ0v) is 14.8. The van der Waals surface area contributed by atoms with E-state index in [4.69, 9.17) is 0 Å². The molecule has 2 unspecified atom stereocenters. The zero-order chi connectivity index (χ0) is 19.0. The van der Waals surface area contributed by atoms with Gasteiger partial charge >= 0.3 is 0 Å². The second-order valence-electron chi connectivity index (χ2n) is 7.10. The number of halogens is 2. The molecule has 6 heteroatoms. The van der Waals surface area contributed by atoms with Gasteiger partial charge in [0.05, 0.1) is 0 Å². The summed E-state index contributed by atoms with van der Waals surface area (Å²) in [6.07, 6.45) is 0.669. The number of carbonyl (C=O) groups excluding carboxylic acids is 2. The molecule has 4 nitrogen and oxygen atoms in total. The Morgan fingerprint density at radius 1 is 0.889 bits per heavy atom. The monoisotopic (exact) mass is 370 g/mol. The Hall–Kier alpha value is -2.76. The minimum Gasteiger partial charge on any atom is -0.339 e. The Labute approximate surface area is 156 Å². The van der Waals surface area contributed by atoms with Crippen molar-refractivity contribution >= 4 is 11.8 Å². The molecule has 1 saturated carbocycles. The van der Waals surface area contributed by atoms with Crippen LogP contribution in [0, 0.1) is 17.6 Å². The van der Waals surface area contributed by atoms with Crippen LogP contribution in [0.3, 0.4) is 0 Å². The average molecular weight is 370 g/mol. The van der Waals surface area contributed by atoms with Gasteiger partial charge in [-0.1, -0.05) is 24.3 Å². The Morgan fingerprint density at radius 2 is 1.59 bits per heavy atom. The van der Waals surface area contributed by atoms with E-state index in [1.54, 1.807) is 34.1 Å². The maximum absolute atomic E-state index is 13.9. The van der Waals surface area contributed by atoms with E-state index in [2.05, 4.69) is 0 Å². The lowest BCUT2D eigenvalue weighted by Gasteiger charge is -2.35. The van der Waals surface area contributed by atoms with E-state index in [-0.39, 0.29) is 29.5 Å². The van der Waals surface area contributed by atoms with Gasteiger partial charge in [0, 0.05) is 37.7 Å². The number of piperazine rings is 1. The van der Waals surface area contributed by atoms with Gasteiger partial charge in [-0.15, -0.1) is 0 Å². The van der Waals surface area contributed by atoms with E-state index in [9.17, 15) is 18.4 Å². The number of rotatable bonds is 3. The number of hydrogen-bond donors (Lipinski definition) is 0. The van der Waals surface area contributed by atoms with Gasteiger partial charge in [0.25, 0.3) is 5.91 Å². The SMILES string of the molecule is O=C(c1cccc(F)c1)N1CCN(C(=O)C2CC2c2ccccc2F)CC1. The lowest BCUT2D eigenvalue weighted by atomic mass is 10.1. The number of hydrogen-bond acceptors (Lipinski definition) is 2. The van der Waals surface area contributed by atoms with E-state index in [0.29, 0.717) is 43.7 Å². The third-order valence-corrected chi connectivity index (χ3v) is 5.36. The van der Waals surface area contributed by atoms with E-state index < -0.39 is 5.82 Å². The van der Waals surface area contributed by atoms with Crippen molar-refractivity contribution in [1.82, 2.24) is 9.80 Å². The fraction of sp³-hybridized carbons (Fsp3) is 0.333. The van der Waals surface area contributed by atoms with Gasteiger partial charge < -0.3 is 9.80 Å². The van der Waals surface area contributed by atoms with Crippen molar-refractivity contribution in [2.24, 2.45) is 5.92 Å². The summed E-state index contributed by atoms with van der Waals surface area (Å²) < 4.78 is 27.2. The van der Waals surface area contributed by atoms with E-state index in [1.165, 1.54) is 24.3 Å². The highest BCUT2D eigenvalue weighted by Gasteiger charge is 2.47. The van der Waals surface area contributed by atoms with Crippen LogP contribution in [0.5, 0.6) is 0 Å². The quantitative estimate of drug-likeness (QED) is 0.833. The van der Waals surface area contributed by atoms with Crippen molar-refractivity contribution in [2.75, 3.05) is 26.2 Å². The molecule has 2 aliphatic rings. The molecule has 4 rings (SSSR count). The first-order chi connectivity index (χ1) is 13.0. The highest BCUT2D eigenvalue weighted by Crippen LogP contribution is 2.49. The van der Waals surface area contributed by atoms with Crippen molar-refractivity contribution in [3.63, 3.8) is 0 Å². The molecule has 27 heavy (non-hydrogen) atoms. The van der Waals surface area contributed by atoms with Crippen LogP contribution >= 0.6 is 0 Å². The molecule has 0 radical (unpaired) electrons. The van der Waals surface area contributed by atoms with Crippen molar-refractivity contribution in [2.45, 2.75) is 12.3 Å². The van der Waals surface area contributed by atoms with Crippen LogP contribution in [0.1, 0.15) is 28.3 Å². The predicted octanol–water partition coefficient (Wildman–Crippen LogP) is 3.05. The Bertz CT molecular complexity index is 878. The summed E-state index contributed by atoms with van der Waals surface area (Å²) in [5.41, 5.74) is 0.923. The van der Waals surface area contributed by atoms with Gasteiger partial charge in [-0.05, 0) is 42.2 Å². The van der Waals surface area contributed by atoms with Crippen LogP contribution in [0.2, 0.25) is 0 Å². The summed E-state index contributed by atoms with van der Waals surface area (Å²) in [6.45, 7) is 1.72. The number of carbonyl (C=O) groups is 2. The Morgan fingerprint density at radius 3 is 2.30 bits per heavy atom. The van der Waals surface area contributed by atoms with Crippen LogP contribution in [0.4, 0.5) is 8.78 Å². The van der Waals surface area contributed by atoms with Crippen LogP contribution in [-0.4, -0.2) is 47.8 Å². The molecule has 2 amide bonds. The van der Waals surface area contributed by atoms with Crippen LogP contribution in [0.15, 0.2) is 48.5 Å². The average Bonchev–Trinajstić information content (AvgIpc) is 3.48. The molecule has 1 aliphatic heterocycles. The van der Waals surface area contributed by atoms with Crippen LogP contribution < -0.4 is 0 Å². The molecule has 2 aromatic carbocycles. The maximum atomic E-state index is 13.9. The molecule has 1 heterocycles. The molecule has 0 spiro atoms. The summed E-state index contributed by atoms with van der Waals surface area (Å²) in [5, 5.41) is 0. The van der Waals surface area contributed by atoms with Crippen molar-refractivity contribution < 1.29 is 18.4 Å². The molecular weight excluding hydrogens is 350 g/mol. The van der Waals surface area contributed by atoms with Gasteiger partial charge in [0.2, 0.25) is 5.91 Å². The number of amides is 2. The first kappa shape index (κ1) is 17.6. The molecule has 1 aliphatic carbocycles. The lowest BCUT2D eigenvalue weighted by molar-refractivity contribution is -0.134. The molecule has 2 fully saturated rings. The second kappa shape index (κ2) is 7.10. The molecule has 1 saturated heterocycles. The Kier molecular flexibility index (Phi) is 4.64. The standard InChI is InChI=1S/C21H20F2N2O2/c22-15-5-3-4-14(12-15)20(26)24-8-10-25(11-9-24)21(27)18-13-17(18)16-6-1-2-7-19(16)23/h1-7,12,17-18H,8-11,13H2. The number of benzene rings is 2. The third-order valence-electron chi connectivity index (χ3n) is 5.36. The molecular formula is C21H20F2N2O2. The molecule has 2 atom stereocenters. The van der Waals surface area contributed by atoms with Gasteiger partial charge in [-0.2, -0.15) is 0 Å². The van der Waals surface area contributed by atoms with E-state index in [0.717, 1.165) is 0 Å². The minimum atomic E-state index is -0.442. The topological polar surface area (TPSA) is 40.6 Å². The van der Waals surface area contributed by atoms with Crippen LogP contribution in [0.25, 0.3) is 0 Å². The second-order valence-corrected chi connectivity index (χ2v) is 7.10. The van der Waals surface area contributed by atoms with Gasteiger partial charge in [0.15, 0.2) is 0 Å². The third kappa shape index (κ3) is 3.56. The zero-order valence-electron chi connectivity index (χ0n) is 14.8. The fourth-order valence-corrected chi connectivity index (χ4v) is 3.76. The molecule has 0 N–H and O–H groups in total. The van der Waals surface area contributed by atoms with E-state index in [1.807, 2.05) is 0 Å². The lowest BCUT2D eigenvalue weighted by Crippen LogP contribution is -2.51. The fourth-order valence-electron chi connectivity index (χ4n) is 3.76. The summed E-state index contributed by atoms with van der Waals surface area (Å²) in [5.74, 6) is -1.12. The highest BCUT2D eigenvalue weighted by atomic mass is 19.1. The summed E-state index contributed by atoms with van der Waals surface area (Å²) in [4.78, 5) is 28.5. The molecule has 0 aromatic heterocycles. The maximum Gasteiger partial charge on any atom is 0.254 e. The number of nitrogens with zero attached hydrogens (tertiary/aromatic N) is 2. The van der Waals surface area contributed by atoms with Gasteiger partial charge in [-0.3, -0.25) is 9.59 Å². The van der Waals surface area contributed by atoms with Gasteiger partial charge in [-0.25, -0.2) is 8.78 Å². The summed E-state index contributed by atoms with van der Waals surface area (Å²) in [7, 11) is 0. The Balaban J connectivity index is 1.34. The van der Waals surface area contributed by atoms with Gasteiger partial charge in [0.1, 0.15) is 11.6 Å². The molecule has 2 aromatic rings. The smallest absolute Gasteiger partial charge is 0.254 e. The predicted molar refractivity (Wildman–Crippen MR) is 96.1 cm³/mol. The summed E-state index contributed by atoms with van der Waals surface area (Å²) in [6, 6.07) is 12.2. The molecule has 0 bridgehead atoms. The van der Waals surface area contributed by atoms with E-state index >= 15 is 0 Å². The largest absolute Gasteiger partial charge is 0.339 e. The van der Waals surface area contributed by atoms with Crippen molar-refractivity contribution in [3.05, 3.63) is 71.3 Å². The normalized spacial score (nSPS) is 21.9. The first-order valence-electron chi connectivity index (χ1n) is 9.12. The molecule has 140 valence electrons. The first-order valence-corrected chi connectivity index (χ1v) is 9.12. The van der Waals surface area contributed by atoms with Crippen LogP contribution in [-0.2, 0) is 4.79 Å². The minimum absolute atomic E-state index is 0.0288. The van der Waals surface area contributed by atoms with Crippen molar-refractivity contribution in [1.29, 1.82) is 0 Å². The highest BCUT2D eigenvalue weighted by molar-refractivity contribution is 5.94. The summed E-state index contributed by atoms with van der Waals surface area (Å²) >= 11 is 0.